The van der Waals surface area contributed by atoms with E-state index >= 15 is 0 Å². The molecule has 1 fully saturated rings. The summed E-state index contributed by atoms with van der Waals surface area (Å²) in [5.74, 6) is 0.988. The normalized spacial score (nSPS) is 18.7. The van der Waals surface area contributed by atoms with Gasteiger partial charge in [0.2, 0.25) is 0 Å². The maximum Gasteiger partial charge on any atom is 0.161 e. The number of ether oxygens (including phenoxy) is 3. The van der Waals surface area contributed by atoms with Crippen molar-refractivity contribution in [3.05, 3.63) is 23.8 Å². The molecule has 1 heterocycles. The van der Waals surface area contributed by atoms with Crippen molar-refractivity contribution < 1.29 is 29.4 Å². The van der Waals surface area contributed by atoms with E-state index in [1.54, 1.807) is 18.2 Å². The summed E-state index contributed by atoms with van der Waals surface area (Å²) in [6.07, 6.45) is 1.96. The fourth-order valence-electron chi connectivity index (χ4n) is 2.56. The zero-order valence-corrected chi connectivity index (χ0v) is 13.8. The minimum atomic E-state index is -0.575. The molecule has 2 rings (SSSR count). The highest BCUT2D eigenvalue weighted by atomic mass is 16.5. The van der Waals surface area contributed by atoms with Crippen molar-refractivity contribution in [1.82, 2.24) is 0 Å². The van der Waals surface area contributed by atoms with Crippen LogP contribution in [0.5, 0.6) is 11.5 Å². The molecule has 0 bridgehead atoms. The monoisotopic (exact) mass is 324 g/mol. The van der Waals surface area contributed by atoms with Crippen LogP contribution in [-0.2, 0) is 4.74 Å². The summed E-state index contributed by atoms with van der Waals surface area (Å²) in [6, 6.07) is 5.03. The van der Waals surface area contributed by atoms with Crippen molar-refractivity contribution in [2.24, 2.45) is 0 Å². The van der Waals surface area contributed by atoms with Crippen molar-refractivity contribution in [2.75, 3.05) is 33.4 Å². The third-order valence-corrected chi connectivity index (χ3v) is 3.89. The van der Waals surface area contributed by atoms with E-state index in [1.807, 2.05) is 0 Å². The number of nitrogens with two attached hydrogens (primary N) is 1. The van der Waals surface area contributed by atoms with Crippen LogP contribution in [-0.4, -0.2) is 56.5 Å². The number of ketones is 1. The summed E-state index contributed by atoms with van der Waals surface area (Å²) in [5, 5.41) is 12.1. The highest BCUT2D eigenvalue weighted by Crippen LogP contribution is 2.28. The Hall–Kier alpha value is -1.63. The molecule has 1 saturated heterocycles. The SMILES string of the molecule is COc1cc(C(C)=O)ccc1OC[C@H](O)C[NH2+]C[C@H]1CCCO1. The van der Waals surface area contributed by atoms with Crippen LogP contribution in [0.4, 0.5) is 0 Å². The maximum atomic E-state index is 11.4. The van der Waals surface area contributed by atoms with Gasteiger partial charge in [-0.15, -0.1) is 0 Å². The Labute approximate surface area is 136 Å². The molecule has 6 heteroatoms. The van der Waals surface area contributed by atoms with E-state index in [0.717, 1.165) is 26.0 Å². The fourth-order valence-corrected chi connectivity index (χ4v) is 2.56. The van der Waals surface area contributed by atoms with Crippen LogP contribution < -0.4 is 14.8 Å². The number of benzene rings is 1. The third kappa shape index (κ3) is 5.49. The predicted molar refractivity (Wildman–Crippen MR) is 85.1 cm³/mol. The number of aliphatic hydroxyl groups excluding tert-OH is 1. The molecule has 1 aromatic rings. The molecule has 2 atom stereocenters. The number of carbonyl (C=O) groups is 1. The number of hydrogen-bond donors (Lipinski definition) is 2. The quantitative estimate of drug-likeness (QED) is 0.642. The highest BCUT2D eigenvalue weighted by Gasteiger charge is 2.18. The minimum Gasteiger partial charge on any atom is -0.493 e. The van der Waals surface area contributed by atoms with Gasteiger partial charge in [0.15, 0.2) is 17.3 Å². The molecule has 3 N–H and O–H groups in total. The number of carbonyl (C=O) groups excluding carboxylic acids is 1. The van der Waals surface area contributed by atoms with E-state index in [4.69, 9.17) is 14.2 Å². The van der Waals surface area contributed by atoms with Crippen LogP contribution in [0.15, 0.2) is 18.2 Å². The highest BCUT2D eigenvalue weighted by molar-refractivity contribution is 5.94. The second kappa shape index (κ2) is 8.86. The van der Waals surface area contributed by atoms with Crippen LogP contribution in [0.1, 0.15) is 30.1 Å². The fraction of sp³-hybridized carbons (Fsp3) is 0.588. The van der Waals surface area contributed by atoms with Gasteiger partial charge in [-0.05, 0) is 38.0 Å². The van der Waals surface area contributed by atoms with Crippen LogP contribution >= 0.6 is 0 Å². The average Bonchev–Trinajstić information content (AvgIpc) is 3.06. The maximum absolute atomic E-state index is 11.4. The number of rotatable bonds is 9. The van der Waals surface area contributed by atoms with Crippen molar-refractivity contribution in [2.45, 2.75) is 32.0 Å². The number of Topliss-reactive ketones (excluding diaryl/α,β-unsaturated/α-hetero) is 1. The third-order valence-electron chi connectivity index (χ3n) is 3.89. The van der Waals surface area contributed by atoms with E-state index in [0.29, 0.717) is 29.7 Å². The number of hydrogen-bond acceptors (Lipinski definition) is 5. The van der Waals surface area contributed by atoms with Gasteiger partial charge in [0.05, 0.1) is 7.11 Å². The molecule has 0 spiro atoms. The Morgan fingerprint density at radius 1 is 1.48 bits per heavy atom. The van der Waals surface area contributed by atoms with Crippen molar-refractivity contribution in [3.8, 4) is 11.5 Å². The Morgan fingerprint density at radius 3 is 2.96 bits per heavy atom. The van der Waals surface area contributed by atoms with E-state index in [-0.39, 0.29) is 12.4 Å². The Balaban J connectivity index is 1.76. The number of methoxy groups -OCH3 is 1. The molecule has 128 valence electrons. The molecule has 1 aliphatic rings. The van der Waals surface area contributed by atoms with Crippen LogP contribution in [0, 0.1) is 0 Å². The summed E-state index contributed by atoms with van der Waals surface area (Å²) in [5.41, 5.74) is 0.569. The first-order valence-electron chi connectivity index (χ1n) is 8.03. The summed E-state index contributed by atoms with van der Waals surface area (Å²) in [7, 11) is 1.53. The summed E-state index contributed by atoms with van der Waals surface area (Å²) in [4.78, 5) is 11.4. The summed E-state index contributed by atoms with van der Waals surface area (Å²) in [6.45, 7) is 3.96. The van der Waals surface area contributed by atoms with Gasteiger partial charge in [-0.1, -0.05) is 0 Å². The van der Waals surface area contributed by atoms with Crippen LogP contribution in [0.3, 0.4) is 0 Å². The number of aliphatic hydroxyl groups is 1. The van der Waals surface area contributed by atoms with Crippen molar-refractivity contribution in [3.63, 3.8) is 0 Å². The predicted octanol–water partition coefficient (Wildman–Crippen LogP) is 0.380. The lowest BCUT2D eigenvalue weighted by Crippen LogP contribution is -2.88. The van der Waals surface area contributed by atoms with Crippen LogP contribution in [0.2, 0.25) is 0 Å². The molecular weight excluding hydrogens is 298 g/mol. The smallest absolute Gasteiger partial charge is 0.161 e. The molecule has 1 aromatic carbocycles. The van der Waals surface area contributed by atoms with Gasteiger partial charge >= 0.3 is 0 Å². The molecule has 0 aromatic heterocycles. The van der Waals surface area contributed by atoms with Crippen molar-refractivity contribution in [1.29, 1.82) is 0 Å². The van der Waals surface area contributed by atoms with Gasteiger partial charge in [-0.2, -0.15) is 0 Å². The first-order chi connectivity index (χ1) is 11.1. The van der Waals surface area contributed by atoms with Crippen molar-refractivity contribution >= 4 is 5.78 Å². The lowest BCUT2D eigenvalue weighted by atomic mass is 10.1. The molecule has 0 radical (unpaired) electrons. The zero-order valence-electron chi connectivity index (χ0n) is 13.8. The Morgan fingerprint density at radius 2 is 2.30 bits per heavy atom. The van der Waals surface area contributed by atoms with Gasteiger partial charge in [-0.3, -0.25) is 4.79 Å². The number of quaternary nitrogens is 1. The molecular formula is C17H26NO5+. The average molecular weight is 324 g/mol. The summed E-state index contributed by atoms with van der Waals surface area (Å²) < 4.78 is 16.4. The second-order valence-electron chi connectivity index (χ2n) is 5.78. The molecule has 0 amide bonds. The Bertz CT molecular complexity index is 514. The molecule has 23 heavy (non-hydrogen) atoms. The molecule has 0 saturated carbocycles. The lowest BCUT2D eigenvalue weighted by Gasteiger charge is -2.15. The van der Waals surface area contributed by atoms with Gasteiger partial charge in [-0.25, -0.2) is 0 Å². The molecule has 0 aliphatic carbocycles. The standard InChI is InChI=1S/C17H25NO5/c1-12(19)13-5-6-16(17(8-13)21-2)23-11-14(20)9-18-10-15-4-3-7-22-15/h5-6,8,14-15,18,20H,3-4,7,9-11H2,1-2H3/p+1/t14-,15-/m1/s1. The van der Waals surface area contributed by atoms with E-state index in [9.17, 15) is 9.90 Å². The van der Waals surface area contributed by atoms with E-state index in [2.05, 4.69) is 5.32 Å². The van der Waals surface area contributed by atoms with Gasteiger partial charge in [0.25, 0.3) is 0 Å². The largest absolute Gasteiger partial charge is 0.493 e. The Kier molecular flexibility index (Phi) is 6.83. The first-order valence-corrected chi connectivity index (χ1v) is 8.03. The topological polar surface area (TPSA) is 81.6 Å². The van der Waals surface area contributed by atoms with Gasteiger partial charge < -0.3 is 24.6 Å². The van der Waals surface area contributed by atoms with E-state index in [1.165, 1.54) is 14.0 Å². The van der Waals surface area contributed by atoms with E-state index < -0.39 is 6.10 Å². The van der Waals surface area contributed by atoms with Crippen LogP contribution in [0.25, 0.3) is 0 Å². The molecule has 1 aliphatic heterocycles. The van der Waals surface area contributed by atoms with Gasteiger partial charge in [0.1, 0.15) is 31.9 Å². The minimum absolute atomic E-state index is 0.0291. The first kappa shape index (κ1) is 17.7. The zero-order chi connectivity index (χ0) is 16.7. The molecule has 6 nitrogen and oxygen atoms in total. The lowest BCUT2D eigenvalue weighted by molar-refractivity contribution is -0.666. The van der Waals surface area contributed by atoms with Gasteiger partial charge in [0, 0.05) is 12.2 Å². The second-order valence-corrected chi connectivity index (χ2v) is 5.78. The molecule has 0 unspecified atom stereocenters. The summed E-state index contributed by atoms with van der Waals surface area (Å²) >= 11 is 0.